The van der Waals surface area contributed by atoms with Crippen molar-refractivity contribution in [3.63, 3.8) is 0 Å². The molecule has 0 aliphatic carbocycles. The van der Waals surface area contributed by atoms with E-state index in [1.165, 1.54) is 12.1 Å². The lowest BCUT2D eigenvalue weighted by atomic mass is 9.94. The van der Waals surface area contributed by atoms with E-state index in [9.17, 15) is 0 Å². The average molecular weight is 271 g/mol. The Labute approximate surface area is 112 Å². The van der Waals surface area contributed by atoms with Crippen LogP contribution in [0.4, 0.5) is 0 Å². The molecule has 1 aliphatic rings. The van der Waals surface area contributed by atoms with Crippen molar-refractivity contribution in [2.75, 3.05) is 19.3 Å². The fourth-order valence-electron chi connectivity index (χ4n) is 2.41. The minimum absolute atomic E-state index is 0.168. The van der Waals surface area contributed by atoms with E-state index in [4.69, 9.17) is 5.73 Å². The van der Waals surface area contributed by atoms with E-state index >= 15 is 0 Å². The van der Waals surface area contributed by atoms with Gasteiger partial charge in [0.05, 0.1) is 10.7 Å². The third-order valence-corrected chi connectivity index (χ3v) is 5.82. The first-order chi connectivity index (χ1) is 8.05. The van der Waals surface area contributed by atoms with Crippen LogP contribution < -0.4 is 5.73 Å². The topological polar surface area (TPSA) is 42.2 Å². The molecular weight excluding hydrogens is 250 g/mol. The number of thioether (sulfide) groups is 1. The molecule has 1 aliphatic heterocycles. The molecule has 2 atom stereocenters. The molecule has 2 rings (SSSR count). The fourth-order valence-corrected chi connectivity index (χ4v) is 4.49. The van der Waals surface area contributed by atoms with Gasteiger partial charge >= 0.3 is 0 Å². The number of rotatable bonds is 4. The minimum Gasteiger partial charge on any atom is -0.329 e. The van der Waals surface area contributed by atoms with Crippen molar-refractivity contribution >= 4 is 23.1 Å². The summed E-state index contributed by atoms with van der Waals surface area (Å²) in [6, 6.07) is 0. The molecule has 1 aromatic heterocycles. The Balaban J connectivity index is 2.05. The van der Waals surface area contributed by atoms with E-state index in [1.807, 2.05) is 11.8 Å². The highest BCUT2D eigenvalue weighted by molar-refractivity contribution is 8.00. The van der Waals surface area contributed by atoms with Crippen LogP contribution in [0.5, 0.6) is 0 Å². The highest BCUT2D eigenvalue weighted by atomic mass is 32.2. The van der Waals surface area contributed by atoms with Gasteiger partial charge in [-0.2, -0.15) is 11.8 Å². The first-order valence-corrected chi connectivity index (χ1v) is 7.92. The molecule has 2 heterocycles. The smallest absolute Gasteiger partial charge is 0.0897 e. The Morgan fingerprint density at radius 3 is 2.88 bits per heavy atom. The Bertz CT molecular complexity index is 380. The largest absolute Gasteiger partial charge is 0.329 e. The molecule has 0 bridgehead atoms. The van der Waals surface area contributed by atoms with Gasteiger partial charge < -0.3 is 5.73 Å². The third-order valence-electron chi connectivity index (χ3n) is 3.56. The van der Waals surface area contributed by atoms with E-state index in [0.717, 1.165) is 29.1 Å². The molecule has 0 spiro atoms. The number of thiazole rings is 1. The van der Waals surface area contributed by atoms with Crippen LogP contribution in [-0.2, 0) is 6.54 Å². The van der Waals surface area contributed by atoms with Crippen LogP contribution in [0.3, 0.4) is 0 Å². The van der Waals surface area contributed by atoms with Crippen LogP contribution in [-0.4, -0.2) is 40.0 Å². The van der Waals surface area contributed by atoms with Gasteiger partial charge in [-0.25, -0.2) is 4.98 Å². The summed E-state index contributed by atoms with van der Waals surface area (Å²) in [4.78, 5) is 6.94. The molecule has 0 saturated carbocycles. The second-order valence-electron chi connectivity index (χ2n) is 4.97. The molecule has 0 radical (unpaired) electrons. The van der Waals surface area contributed by atoms with Gasteiger partial charge in [0.15, 0.2) is 0 Å². The van der Waals surface area contributed by atoms with E-state index in [0.29, 0.717) is 0 Å². The Hall–Kier alpha value is -0.100. The number of hydrogen-bond acceptors (Lipinski definition) is 5. The highest BCUT2D eigenvalue weighted by Crippen LogP contribution is 2.37. The molecule has 0 amide bonds. The van der Waals surface area contributed by atoms with Crippen molar-refractivity contribution in [2.45, 2.75) is 37.6 Å². The van der Waals surface area contributed by atoms with Gasteiger partial charge in [0, 0.05) is 35.0 Å². The standard InChI is InChI=1S/C12H21N3S2/c1-9-4-12(7-13,8-17-9)15(3)5-11-6-16-10(2)14-11/h6,9H,4-5,7-8,13H2,1-3H3. The summed E-state index contributed by atoms with van der Waals surface area (Å²) >= 11 is 3.76. The zero-order valence-electron chi connectivity index (χ0n) is 10.8. The molecule has 2 unspecified atom stereocenters. The molecule has 96 valence electrons. The van der Waals surface area contributed by atoms with Crippen molar-refractivity contribution in [1.82, 2.24) is 9.88 Å². The zero-order valence-corrected chi connectivity index (χ0v) is 12.4. The van der Waals surface area contributed by atoms with Crippen LogP contribution in [0.2, 0.25) is 0 Å². The van der Waals surface area contributed by atoms with Gasteiger partial charge in [-0.05, 0) is 20.4 Å². The summed E-state index contributed by atoms with van der Waals surface area (Å²) in [5.41, 5.74) is 7.36. The second kappa shape index (κ2) is 5.26. The van der Waals surface area contributed by atoms with Crippen molar-refractivity contribution in [3.05, 3.63) is 16.1 Å². The fraction of sp³-hybridized carbons (Fsp3) is 0.750. The van der Waals surface area contributed by atoms with Gasteiger partial charge in [-0.3, -0.25) is 4.90 Å². The molecule has 0 aromatic carbocycles. The molecule has 1 fully saturated rings. The average Bonchev–Trinajstić information content (AvgIpc) is 2.86. The van der Waals surface area contributed by atoms with Crippen molar-refractivity contribution in [3.8, 4) is 0 Å². The Morgan fingerprint density at radius 2 is 2.41 bits per heavy atom. The highest BCUT2D eigenvalue weighted by Gasteiger charge is 2.40. The molecule has 17 heavy (non-hydrogen) atoms. The van der Waals surface area contributed by atoms with Gasteiger partial charge in [0.2, 0.25) is 0 Å². The molecule has 1 saturated heterocycles. The van der Waals surface area contributed by atoms with Crippen molar-refractivity contribution in [2.24, 2.45) is 5.73 Å². The van der Waals surface area contributed by atoms with Crippen LogP contribution in [0.25, 0.3) is 0 Å². The Kier molecular flexibility index (Phi) is 4.13. The number of nitrogens with two attached hydrogens (primary N) is 1. The summed E-state index contributed by atoms with van der Waals surface area (Å²) in [5.74, 6) is 1.14. The van der Waals surface area contributed by atoms with E-state index in [1.54, 1.807) is 11.3 Å². The van der Waals surface area contributed by atoms with Gasteiger partial charge in [-0.1, -0.05) is 6.92 Å². The van der Waals surface area contributed by atoms with E-state index in [-0.39, 0.29) is 5.54 Å². The minimum atomic E-state index is 0.168. The van der Waals surface area contributed by atoms with Crippen LogP contribution in [0.1, 0.15) is 24.0 Å². The number of nitrogens with zero attached hydrogens (tertiary/aromatic N) is 2. The van der Waals surface area contributed by atoms with Gasteiger partial charge in [0.1, 0.15) is 0 Å². The molecule has 1 aromatic rings. The number of likely N-dealkylation sites (N-methyl/N-ethyl adjacent to an activating group) is 1. The predicted molar refractivity (Wildman–Crippen MR) is 76.6 cm³/mol. The summed E-state index contributed by atoms with van der Waals surface area (Å²) in [6.45, 7) is 6.00. The lowest BCUT2D eigenvalue weighted by Gasteiger charge is -2.37. The predicted octanol–water partition coefficient (Wildman–Crippen LogP) is 2.11. The molecule has 5 heteroatoms. The number of aromatic nitrogens is 1. The quantitative estimate of drug-likeness (QED) is 0.911. The molecule has 3 nitrogen and oxygen atoms in total. The van der Waals surface area contributed by atoms with Crippen LogP contribution in [0, 0.1) is 6.92 Å². The molecule has 2 N–H and O–H groups in total. The van der Waals surface area contributed by atoms with E-state index < -0.39 is 0 Å². The Morgan fingerprint density at radius 1 is 1.65 bits per heavy atom. The second-order valence-corrected chi connectivity index (χ2v) is 7.46. The monoisotopic (exact) mass is 271 g/mol. The number of aryl methyl sites for hydroxylation is 1. The SMILES string of the molecule is Cc1nc(CN(C)C2(CN)CSC(C)C2)cs1. The first-order valence-electron chi connectivity index (χ1n) is 6.00. The lowest BCUT2D eigenvalue weighted by molar-refractivity contribution is 0.137. The third kappa shape index (κ3) is 2.84. The summed E-state index contributed by atoms with van der Waals surface area (Å²) in [6.07, 6.45) is 1.19. The normalized spacial score (nSPS) is 29.1. The van der Waals surface area contributed by atoms with Gasteiger partial charge in [-0.15, -0.1) is 11.3 Å². The summed E-state index contributed by atoms with van der Waals surface area (Å²) in [5, 5.41) is 4.02. The summed E-state index contributed by atoms with van der Waals surface area (Å²) < 4.78 is 0. The summed E-state index contributed by atoms with van der Waals surface area (Å²) in [7, 11) is 2.18. The van der Waals surface area contributed by atoms with Gasteiger partial charge in [0.25, 0.3) is 0 Å². The first kappa shape index (κ1) is 13.3. The van der Waals surface area contributed by atoms with Crippen molar-refractivity contribution < 1.29 is 0 Å². The van der Waals surface area contributed by atoms with Crippen LogP contribution in [0.15, 0.2) is 5.38 Å². The maximum absolute atomic E-state index is 6.02. The zero-order chi connectivity index (χ0) is 12.5. The van der Waals surface area contributed by atoms with E-state index in [2.05, 4.69) is 36.2 Å². The van der Waals surface area contributed by atoms with Crippen LogP contribution >= 0.6 is 23.1 Å². The maximum atomic E-state index is 6.02. The molecular formula is C12H21N3S2. The number of hydrogen-bond donors (Lipinski definition) is 1. The maximum Gasteiger partial charge on any atom is 0.0897 e. The lowest BCUT2D eigenvalue weighted by Crippen LogP contribution is -2.52. The van der Waals surface area contributed by atoms with Crippen molar-refractivity contribution in [1.29, 1.82) is 0 Å².